The Hall–Kier alpha value is -1.35. The minimum absolute atomic E-state index is 0.0965. The summed E-state index contributed by atoms with van der Waals surface area (Å²) in [5.74, 6) is 0.0965. The van der Waals surface area contributed by atoms with Gasteiger partial charge in [-0.3, -0.25) is 4.79 Å². The zero-order valence-corrected chi connectivity index (χ0v) is 12.0. The predicted octanol–water partition coefficient (Wildman–Crippen LogP) is 3.16. The van der Waals surface area contributed by atoms with E-state index in [4.69, 9.17) is 0 Å². The normalized spacial score (nSPS) is 15.7. The first kappa shape index (κ1) is 14.1. The van der Waals surface area contributed by atoms with E-state index in [0.717, 1.165) is 17.8 Å². The summed E-state index contributed by atoms with van der Waals surface area (Å²) in [5, 5.41) is 6.46. The van der Waals surface area contributed by atoms with Crippen molar-refractivity contribution in [3.63, 3.8) is 0 Å². The van der Waals surface area contributed by atoms with Gasteiger partial charge in [-0.15, -0.1) is 0 Å². The Bertz CT molecular complexity index is 436. The Morgan fingerprint density at radius 2 is 2.00 bits per heavy atom. The van der Waals surface area contributed by atoms with Crippen molar-refractivity contribution < 1.29 is 4.79 Å². The summed E-state index contributed by atoms with van der Waals surface area (Å²) in [5.41, 5.74) is 3.30. The molecule has 1 aliphatic rings. The number of aryl methyl sites for hydroxylation is 1. The highest BCUT2D eigenvalue weighted by Crippen LogP contribution is 2.19. The monoisotopic (exact) mass is 260 g/mol. The highest BCUT2D eigenvalue weighted by atomic mass is 16.1. The highest BCUT2D eigenvalue weighted by molar-refractivity contribution is 5.91. The molecule has 1 aromatic carbocycles. The van der Waals surface area contributed by atoms with Gasteiger partial charge in [0.25, 0.3) is 0 Å². The summed E-state index contributed by atoms with van der Waals surface area (Å²) in [6, 6.07) is 6.64. The molecule has 1 saturated carbocycles. The van der Waals surface area contributed by atoms with Crippen LogP contribution in [-0.2, 0) is 4.79 Å². The minimum Gasteiger partial charge on any atom is -0.326 e. The second kappa shape index (κ2) is 6.71. The molecule has 19 heavy (non-hydrogen) atoms. The van der Waals surface area contributed by atoms with Crippen LogP contribution in [0.1, 0.15) is 43.2 Å². The molecular weight excluding hydrogens is 236 g/mol. The topological polar surface area (TPSA) is 41.1 Å². The first-order valence-corrected chi connectivity index (χ1v) is 7.26. The number of amides is 1. The van der Waals surface area contributed by atoms with Crippen molar-refractivity contribution in [2.24, 2.45) is 0 Å². The molecule has 3 nitrogen and oxygen atoms in total. The van der Waals surface area contributed by atoms with E-state index in [2.05, 4.69) is 23.6 Å². The maximum atomic E-state index is 11.9. The summed E-state index contributed by atoms with van der Waals surface area (Å²) < 4.78 is 0. The lowest BCUT2D eigenvalue weighted by molar-refractivity contribution is -0.116. The van der Waals surface area contributed by atoms with Gasteiger partial charge in [0.05, 0.1) is 0 Å². The number of anilines is 1. The predicted molar refractivity (Wildman–Crippen MR) is 79.4 cm³/mol. The van der Waals surface area contributed by atoms with E-state index in [1.807, 2.05) is 19.1 Å². The van der Waals surface area contributed by atoms with Crippen LogP contribution in [0.25, 0.3) is 0 Å². The smallest absolute Gasteiger partial charge is 0.225 e. The fraction of sp³-hybridized carbons (Fsp3) is 0.562. The van der Waals surface area contributed by atoms with Gasteiger partial charge in [-0.05, 0) is 43.9 Å². The van der Waals surface area contributed by atoms with Crippen LogP contribution in [0.3, 0.4) is 0 Å². The lowest BCUT2D eigenvalue weighted by atomic mass is 10.1. The van der Waals surface area contributed by atoms with E-state index in [9.17, 15) is 4.79 Å². The van der Waals surface area contributed by atoms with Gasteiger partial charge in [-0.1, -0.05) is 25.0 Å². The highest BCUT2D eigenvalue weighted by Gasteiger charge is 2.14. The van der Waals surface area contributed by atoms with Gasteiger partial charge in [0, 0.05) is 24.7 Å². The zero-order chi connectivity index (χ0) is 13.7. The molecule has 0 aromatic heterocycles. The number of rotatable bonds is 5. The average molecular weight is 260 g/mol. The van der Waals surface area contributed by atoms with E-state index in [1.165, 1.54) is 31.2 Å². The van der Waals surface area contributed by atoms with Gasteiger partial charge in [0.15, 0.2) is 0 Å². The fourth-order valence-corrected chi connectivity index (χ4v) is 2.62. The van der Waals surface area contributed by atoms with Crippen LogP contribution in [0, 0.1) is 13.8 Å². The molecular formula is C16H24N2O. The van der Waals surface area contributed by atoms with E-state index in [-0.39, 0.29) is 5.91 Å². The van der Waals surface area contributed by atoms with Crippen LogP contribution in [-0.4, -0.2) is 18.5 Å². The maximum absolute atomic E-state index is 11.9. The standard InChI is InChI=1S/C16H24N2O/c1-12-6-5-9-15(13(12)2)18-16(19)10-11-17-14-7-3-4-8-14/h5-6,9,14,17H,3-4,7-8,10-11H2,1-2H3,(H,18,19). The molecule has 2 N–H and O–H groups in total. The molecule has 0 atom stereocenters. The molecule has 0 unspecified atom stereocenters. The lowest BCUT2D eigenvalue weighted by Gasteiger charge is -2.13. The van der Waals surface area contributed by atoms with E-state index >= 15 is 0 Å². The SMILES string of the molecule is Cc1cccc(NC(=O)CCNC2CCCC2)c1C. The van der Waals surface area contributed by atoms with Crippen LogP contribution < -0.4 is 10.6 Å². The number of nitrogens with one attached hydrogen (secondary N) is 2. The molecule has 0 aliphatic heterocycles. The third-order valence-electron chi connectivity index (χ3n) is 4.02. The van der Waals surface area contributed by atoms with Crippen molar-refractivity contribution in [1.29, 1.82) is 0 Å². The molecule has 1 aromatic rings. The molecule has 0 heterocycles. The Labute approximate surface area is 115 Å². The molecule has 104 valence electrons. The van der Waals surface area contributed by atoms with Crippen LogP contribution >= 0.6 is 0 Å². The van der Waals surface area contributed by atoms with Crippen molar-refractivity contribution >= 4 is 11.6 Å². The number of benzene rings is 1. The Morgan fingerprint density at radius 3 is 2.74 bits per heavy atom. The van der Waals surface area contributed by atoms with E-state index in [1.54, 1.807) is 0 Å². The second-order valence-electron chi connectivity index (χ2n) is 5.48. The third-order valence-corrected chi connectivity index (χ3v) is 4.02. The Morgan fingerprint density at radius 1 is 1.26 bits per heavy atom. The second-order valence-corrected chi connectivity index (χ2v) is 5.48. The van der Waals surface area contributed by atoms with Crippen molar-refractivity contribution in [3.05, 3.63) is 29.3 Å². The number of carbonyl (C=O) groups is 1. The van der Waals surface area contributed by atoms with Gasteiger partial charge < -0.3 is 10.6 Å². The maximum Gasteiger partial charge on any atom is 0.225 e. The fourth-order valence-electron chi connectivity index (χ4n) is 2.62. The summed E-state index contributed by atoms with van der Waals surface area (Å²) in [4.78, 5) is 11.9. The van der Waals surface area contributed by atoms with Gasteiger partial charge in [0.1, 0.15) is 0 Å². The van der Waals surface area contributed by atoms with Gasteiger partial charge in [-0.2, -0.15) is 0 Å². The summed E-state index contributed by atoms with van der Waals surface area (Å²) in [6.45, 7) is 4.88. The van der Waals surface area contributed by atoms with Gasteiger partial charge >= 0.3 is 0 Å². The van der Waals surface area contributed by atoms with E-state index < -0.39 is 0 Å². The molecule has 1 fully saturated rings. The van der Waals surface area contributed by atoms with Crippen molar-refractivity contribution in [3.8, 4) is 0 Å². The Balaban J connectivity index is 1.76. The van der Waals surface area contributed by atoms with Crippen LogP contribution in [0.4, 0.5) is 5.69 Å². The largest absolute Gasteiger partial charge is 0.326 e. The lowest BCUT2D eigenvalue weighted by Crippen LogP contribution is -2.29. The average Bonchev–Trinajstić information content (AvgIpc) is 2.88. The zero-order valence-electron chi connectivity index (χ0n) is 12.0. The first-order valence-electron chi connectivity index (χ1n) is 7.26. The summed E-state index contributed by atoms with van der Waals surface area (Å²) in [7, 11) is 0. The number of hydrogen-bond donors (Lipinski definition) is 2. The molecule has 0 saturated heterocycles. The molecule has 1 aliphatic carbocycles. The molecule has 2 rings (SSSR count). The van der Waals surface area contributed by atoms with Crippen LogP contribution in [0.15, 0.2) is 18.2 Å². The van der Waals surface area contributed by atoms with Crippen molar-refractivity contribution in [2.75, 3.05) is 11.9 Å². The van der Waals surface area contributed by atoms with Crippen LogP contribution in [0.5, 0.6) is 0 Å². The first-order chi connectivity index (χ1) is 9.16. The van der Waals surface area contributed by atoms with Crippen LogP contribution in [0.2, 0.25) is 0 Å². The number of hydrogen-bond acceptors (Lipinski definition) is 2. The molecule has 0 spiro atoms. The molecule has 0 radical (unpaired) electrons. The summed E-state index contributed by atoms with van der Waals surface area (Å²) >= 11 is 0. The van der Waals surface area contributed by atoms with E-state index in [0.29, 0.717) is 12.5 Å². The number of carbonyl (C=O) groups excluding carboxylic acids is 1. The molecule has 1 amide bonds. The van der Waals surface area contributed by atoms with Crippen molar-refractivity contribution in [2.45, 2.75) is 52.0 Å². The van der Waals surface area contributed by atoms with Gasteiger partial charge in [0.2, 0.25) is 5.91 Å². The van der Waals surface area contributed by atoms with Crippen molar-refractivity contribution in [1.82, 2.24) is 5.32 Å². The Kier molecular flexibility index (Phi) is 4.97. The quantitative estimate of drug-likeness (QED) is 0.854. The summed E-state index contributed by atoms with van der Waals surface area (Å²) in [6.07, 6.45) is 5.72. The van der Waals surface area contributed by atoms with Gasteiger partial charge in [-0.25, -0.2) is 0 Å². The molecule has 0 bridgehead atoms. The molecule has 3 heteroatoms. The minimum atomic E-state index is 0.0965. The third kappa shape index (κ3) is 4.06.